The van der Waals surface area contributed by atoms with Crippen LogP contribution in [0.5, 0.6) is 0 Å². The van der Waals surface area contributed by atoms with Gasteiger partial charge < -0.3 is 4.40 Å². The second-order valence-electron chi connectivity index (χ2n) is 8.63. The van der Waals surface area contributed by atoms with Crippen LogP contribution in [0.25, 0.3) is 49.7 Å². The summed E-state index contributed by atoms with van der Waals surface area (Å²) in [6.45, 7) is 6.55. The van der Waals surface area contributed by atoms with Crippen LogP contribution >= 0.6 is 0 Å². The molecule has 0 N–H and O–H groups in total. The average molecular weight is 604 g/mol. The van der Waals surface area contributed by atoms with E-state index in [1.54, 1.807) is 0 Å². The van der Waals surface area contributed by atoms with Crippen molar-refractivity contribution in [2.45, 2.75) is 20.8 Å². The van der Waals surface area contributed by atoms with Gasteiger partial charge in [-0.25, -0.2) is 0 Å². The SMILES string of the molecule is Cc1ccc2c3ccc[c-]c3c3ncc(-c4c(C)cc(-c5ccccc5)cc4C)n3c2c1.[Ir]. The van der Waals surface area contributed by atoms with E-state index < -0.39 is 0 Å². The summed E-state index contributed by atoms with van der Waals surface area (Å²) in [5.74, 6) is 0. The molecule has 3 heteroatoms. The third-order valence-electron chi connectivity index (χ3n) is 6.42. The summed E-state index contributed by atoms with van der Waals surface area (Å²) in [6, 6.07) is 31.5. The van der Waals surface area contributed by atoms with Gasteiger partial charge in [0.15, 0.2) is 0 Å². The third-order valence-corrected chi connectivity index (χ3v) is 6.42. The van der Waals surface area contributed by atoms with Crippen molar-refractivity contribution in [2.75, 3.05) is 0 Å². The summed E-state index contributed by atoms with van der Waals surface area (Å²) in [5, 5.41) is 3.48. The van der Waals surface area contributed by atoms with Gasteiger partial charge in [-0.2, -0.15) is 0 Å². The third kappa shape index (κ3) is 3.40. The molecule has 0 amide bonds. The van der Waals surface area contributed by atoms with Gasteiger partial charge in [-0.3, -0.25) is 4.98 Å². The van der Waals surface area contributed by atoms with Gasteiger partial charge in [0, 0.05) is 37.4 Å². The normalized spacial score (nSPS) is 11.2. The molecule has 2 aromatic heterocycles. The minimum atomic E-state index is 0. The summed E-state index contributed by atoms with van der Waals surface area (Å²) >= 11 is 0. The zero-order valence-corrected chi connectivity index (χ0v) is 21.2. The van der Waals surface area contributed by atoms with Crippen LogP contribution in [0.2, 0.25) is 0 Å². The van der Waals surface area contributed by atoms with Crippen molar-refractivity contribution in [3.8, 4) is 22.4 Å². The van der Waals surface area contributed by atoms with Crippen molar-refractivity contribution in [1.29, 1.82) is 0 Å². The molecular formula is C30H23IrN2-. The minimum Gasteiger partial charge on any atom is -0.333 e. The molecule has 1 radical (unpaired) electrons. The molecule has 6 aromatic rings. The topological polar surface area (TPSA) is 17.3 Å². The molecule has 33 heavy (non-hydrogen) atoms. The molecule has 6 rings (SSSR count). The standard InChI is InChI=1S/C30H23N2.Ir/c1-19-13-14-25-24-11-7-8-12-26(24)30-31-18-28(32(30)27(25)15-19)29-20(2)16-23(17-21(29)3)22-9-5-4-6-10-22;/h4-11,13-18H,1-3H3;/q-1;. The van der Waals surface area contributed by atoms with E-state index in [1.807, 2.05) is 12.3 Å². The zero-order valence-electron chi connectivity index (χ0n) is 18.8. The van der Waals surface area contributed by atoms with Gasteiger partial charge >= 0.3 is 0 Å². The predicted molar refractivity (Wildman–Crippen MR) is 134 cm³/mol. The number of nitrogens with zero attached hydrogens (tertiary/aromatic N) is 2. The van der Waals surface area contributed by atoms with Crippen LogP contribution in [0.15, 0.2) is 85.1 Å². The number of hydrogen-bond acceptors (Lipinski definition) is 1. The number of fused-ring (bicyclic) bond motifs is 6. The van der Waals surface area contributed by atoms with Gasteiger partial charge in [0.05, 0.1) is 11.3 Å². The number of benzene rings is 4. The van der Waals surface area contributed by atoms with E-state index in [0.717, 1.165) is 16.7 Å². The van der Waals surface area contributed by atoms with Crippen LogP contribution in [-0.4, -0.2) is 9.38 Å². The maximum Gasteiger partial charge on any atom is 0.0639 e. The molecular weight excluding hydrogens is 581 g/mol. The number of rotatable bonds is 2. The number of pyridine rings is 1. The Labute approximate surface area is 207 Å². The van der Waals surface area contributed by atoms with Crippen molar-refractivity contribution in [3.05, 3.63) is 108 Å². The molecule has 0 spiro atoms. The first kappa shape index (κ1) is 21.6. The van der Waals surface area contributed by atoms with Crippen molar-refractivity contribution in [1.82, 2.24) is 9.38 Å². The maximum absolute atomic E-state index is 4.90. The fourth-order valence-electron chi connectivity index (χ4n) is 5.01. The number of aromatic nitrogens is 2. The fourth-order valence-corrected chi connectivity index (χ4v) is 5.01. The van der Waals surface area contributed by atoms with E-state index in [1.165, 1.54) is 49.7 Å². The summed E-state index contributed by atoms with van der Waals surface area (Å²) in [6.07, 6.45) is 2.02. The summed E-state index contributed by atoms with van der Waals surface area (Å²) < 4.78 is 2.32. The summed E-state index contributed by atoms with van der Waals surface area (Å²) in [4.78, 5) is 4.90. The van der Waals surface area contributed by atoms with Crippen LogP contribution in [-0.2, 0) is 20.1 Å². The minimum absolute atomic E-state index is 0. The Morgan fingerprint density at radius 2 is 1.52 bits per heavy atom. The Morgan fingerprint density at radius 3 is 2.27 bits per heavy atom. The van der Waals surface area contributed by atoms with E-state index in [4.69, 9.17) is 4.98 Å². The van der Waals surface area contributed by atoms with Crippen molar-refractivity contribution in [3.63, 3.8) is 0 Å². The molecule has 0 bridgehead atoms. The van der Waals surface area contributed by atoms with Crippen LogP contribution in [0, 0.1) is 26.8 Å². The van der Waals surface area contributed by atoms with Gasteiger partial charge in [0.2, 0.25) is 0 Å². The largest absolute Gasteiger partial charge is 0.333 e. The smallest absolute Gasteiger partial charge is 0.0639 e. The maximum atomic E-state index is 4.90. The first-order valence-electron chi connectivity index (χ1n) is 11.0. The molecule has 2 heterocycles. The van der Waals surface area contributed by atoms with Crippen LogP contribution in [0.1, 0.15) is 16.7 Å². The Bertz CT molecular complexity index is 1620. The Morgan fingerprint density at radius 1 is 0.758 bits per heavy atom. The molecule has 0 aliphatic carbocycles. The van der Waals surface area contributed by atoms with Crippen LogP contribution < -0.4 is 0 Å². The molecule has 0 saturated carbocycles. The average Bonchev–Trinajstić information content (AvgIpc) is 3.24. The summed E-state index contributed by atoms with van der Waals surface area (Å²) in [7, 11) is 0. The molecule has 163 valence electrons. The van der Waals surface area contributed by atoms with E-state index in [-0.39, 0.29) is 20.1 Å². The second-order valence-corrected chi connectivity index (χ2v) is 8.63. The quantitative estimate of drug-likeness (QED) is 0.147. The molecule has 0 atom stereocenters. The molecule has 4 aromatic carbocycles. The first-order valence-corrected chi connectivity index (χ1v) is 11.0. The molecule has 0 unspecified atom stereocenters. The summed E-state index contributed by atoms with van der Waals surface area (Å²) in [5.41, 5.74) is 10.8. The van der Waals surface area contributed by atoms with E-state index >= 15 is 0 Å². The Hall–Kier alpha value is -3.26. The molecule has 0 fully saturated rings. The van der Waals surface area contributed by atoms with Gasteiger partial charge in [0.25, 0.3) is 0 Å². The number of aryl methyl sites for hydroxylation is 3. The molecule has 0 aliphatic heterocycles. The van der Waals surface area contributed by atoms with Crippen LogP contribution in [0.4, 0.5) is 0 Å². The number of hydrogen-bond donors (Lipinski definition) is 0. The van der Waals surface area contributed by atoms with Gasteiger partial charge in [-0.15, -0.1) is 29.7 Å². The van der Waals surface area contributed by atoms with Crippen molar-refractivity contribution >= 4 is 27.3 Å². The van der Waals surface area contributed by atoms with Crippen molar-refractivity contribution in [2.24, 2.45) is 0 Å². The fraction of sp³-hybridized carbons (Fsp3) is 0.100. The van der Waals surface area contributed by atoms with E-state index in [2.05, 4.69) is 104 Å². The van der Waals surface area contributed by atoms with Gasteiger partial charge in [-0.05, 0) is 60.0 Å². The van der Waals surface area contributed by atoms with Gasteiger partial charge in [-0.1, -0.05) is 60.0 Å². The Balaban J connectivity index is 0.00000228. The second kappa shape index (κ2) is 8.26. The molecule has 2 nitrogen and oxygen atoms in total. The zero-order chi connectivity index (χ0) is 21.8. The van der Waals surface area contributed by atoms with Crippen LogP contribution in [0.3, 0.4) is 0 Å². The Kier molecular flexibility index (Phi) is 5.40. The molecule has 0 aliphatic rings. The van der Waals surface area contributed by atoms with E-state index in [9.17, 15) is 0 Å². The van der Waals surface area contributed by atoms with E-state index in [0.29, 0.717) is 0 Å². The monoisotopic (exact) mass is 604 g/mol. The first-order chi connectivity index (χ1) is 15.6. The molecule has 0 saturated heterocycles. The predicted octanol–water partition coefficient (Wildman–Crippen LogP) is 7.70. The number of imidazole rings is 1. The van der Waals surface area contributed by atoms with Gasteiger partial charge in [0.1, 0.15) is 0 Å². The van der Waals surface area contributed by atoms with Crippen molar-refractivity contribution < 1.29 is 20.1 Å².